The summed E-state index contributed by atoms with van der Waals surface area (Å²) < 4.78 is 0. The molecule has 0 aromatic heterocycles. The van der Waals surface area contributed by atoms with Crippen molar-refractivity contribution in [2.24, 2.45) is 0 Å². The zero-order valence-corrected chi connectivity index (χ0v) is 12.9. The van der Waals surface area contributed by atoms with E-state index in [4.69, 9.17) is 0 Å². The molecule has 0 bridgehead atoms. The maximum atomic E-state index is 2.22. The van der Waals surface area contributed by atoms with Gasteiger partial charge in [-0.3, -0.25) is 0 Å². The smallest absolute Gasteiger partial charge is 0.00170 e. The van der Waals surface area contributed by atoms with Crippen LogP contribution in [0.4, 0.5) is 0 Å². The summed E-state index contributed by atoms with van der Waals surface area (Å²) in [4.78, 5) is 0. The maximum absolute atomic E-state index is 2.22. The molecule has 3 rings (SSSR count). The van der Waals surface area contributed by atoms with Gasteiger partial charge in [0.25, 0.3) is 0 Å². The Morgan fingerprint density at radius 2 is 1.05 bits per heavy atom. The first-order valence-electron chi connectivity index (χ1n) is 7.69. The van der Waals surface area contributed by atoms with Crippen molar-refractivity contribution >= 4 is 11.1 Å². The molecular weight excluding hydrogens is 264 g/mol. The average molecular weight is 284 g/mol. The van der Waals surface area contributed by atoms with Crippen LogP contribution in [0.2, 0.25) is 0 Å². The normalized spacial score (nSPS) is 11.9. The van der Waals surface area contributed by atoms with Crippen LogP contribution in [0.25, 0.3) is 11.1 Å². The van der Waals surface area contributed by atoms with Crippen LogP contribution in [0.3, 0.4) is 0 Å². The fraction of sp³-hybridized carbons (Fsp3) is 0.0909. The van der Waals surface area contributed by atoms with Crippen molar-refractivity contribution < 1.29 is 0 Å². The molecule has 0 spiro atoms. The van der Waals surface area contributed by atoms with E-state index in [1.54, 1.807) is 0 Å². The maximum Gasteiger partial charge on any atom is -0.00170 e. The Hall–Kier alpha value is -2.60. The fourth-order valence-corrected chi connectivity index (χ4v) is 2.75. The summed E-state index contributed by atoms with van der Waals surface area (Å²) >= 11 is 0. The summed E-state index contributed by atoms with van der Waals surface area (Å²) in [6.07, 6.45) is 0.950. The zero-order valence-electron chi connectivity index (χ0n) is 12.9. The van der Waals surface area contributed by atoms with E-state index < -0.39 is 0 Å². The minimum atomic E-state index is 0.950. The van der Waals surface area contributed by atoms with Crippen LogP contribution >= 0.6 is 0 Å². The molecule has 0 fully saturated rings. The monoisotopic (exact) mass is 284 g/mol. The molecule has 0 aliphatic heterocycles. The predicted octanol–water partition coefficient (Wildman–Crippen LogP) is 5.86. The summed E-state index contributed by atoms with van der Waals surface area (Å²) in [5.74, 6) is 0. The zero-order chi connectivity index (χ0) is 15.2. The molecule has 0 heterocycles. The van der Waals surface area contributed by atoms with Crippen LogP contribution in [0.5, 0.6) is 0 Å². The van der Waals surface area contributed by atoms with Gasteiger partial charge in [0, 0.05) is 0 Å². The fourth-order valence-electron chi connectivity index (χ4n) is 2.75. The lowest BCUT2D eigenvalue weighted by Crippen LogP contribution is -1.95. The molecule has 3 aromatic rings. The van der Waals surface area contributed by atoms with E-state index >= 15 is 0 Å². The van der Waals surface area contributed by atoms with Crippen molar-refractivity contribution in [2.75, 3.05) is 0 Å². The van der Waals surface area contributed by atoms with E-state index in [-0.39, 0.29) is 0 Å². The highest BCUT2D eigenvalue weighted by Gasteiger charge is 2.08. The Balaban J connectivity index is 2.07. The molecule has 0 saturated carbocycles. The molecule has 0 atom stereocenters. The van der Waals surface area contributed by atoms with Crippen molar-refractivity contribution in [1.29, 1.82) is 0 Å². The molecule has 0 N–H and O–H groups in total. The molecule has 0 aliphatic rings. The van der Waals surface area contributed by atoms with Gasteiger partial charge in [-0.05, 0) is 41.2 Å². The molecule has 3 aromatic carbocycles. The number of hydrogen-bond donors (Lipinski definition) is 0. The van der Waals surface area contributed by atoms with Crippen molar-refractivity contribution in [3.63, 3.8) is 0 Å². The van der Waals surface area contributed by atoms with Crippen molar-refractivity contribution in [3.05, 3.63) is 108 Å². The highest BCUT2D eigenvalue weighted by Crippen LogP contribution is 2.29. The molecule has 0 aliphatic carbocycles. The Bertz CT molecular complexity index is 738. The molecule has 0 radical (unpaired) electrons. The molecule has 22 heavy (non-hydrogen) atoms. The Kier molecular flexibility index (Phi) is 4.50. The second kappa shape index (κ2) is 6.91. The van der Waals surface area contributed by atoms with Crippen LogP contribution < -0.4 is 0 Å². The quantitative estimate of drug-likeness (QED) is 0.526. The minimum Gasteiger partial charge on any atom is -0.0622 e. The van der Waals surface area contributed by atoms with Gasteiger partial charge in [0.05, 0.1) is 0 Å². The van der Waals surface area contributed by atoms with E-state index in [0.717, 1.165) is 6.42 Å². The number of rotatable bonds is 4. The van der Waals surface area contributed by atoms with Gasteiger partial charge in [-0.1, -0.05) is 91.0 Å². The number of allylic oxidation sites excluding steroid dienone is 2. The van der Waals surface area contributed by atoms with Crippen molar-refractivity contribution in [3.8, 4) is 0 Å². The number of hydrogen-bond acceptors (Lipinski definition) is 0. The van der Waals surface area contributed by atoms with Gasteiger partial charge in [0.2, 0.25) is 0 Å². The highest BCUT2D eigenvalue weighted by molar-refractivity contribution is 5.90. The molecule has 0 unspecified atom stereocenters. The lowest BCUT2D eigenvalue weighted by molar-refractivity contribution is 1.28. The molecule has 108 valence electrons. The lowest BCUT2D eigenvalue weighted by atomic mass is 9.91. The van der Waals surface area contributed by atoms with E-state index in [1.807, 2.05) is 0 Å². The van der Waals surface area contributed by atoms with E-state index in [0.29, 0.717) is 0 Å². The first-order chi connectivity index (χ1) is 10.8. The highest BCUT2D eigenvalue weighted by atomic mass is 14.1. The van der Waals surface area contributed by atoms with Crippen LogP contribution in [0, 0.1) is 0 Å². The summed E-state index contributed by atoms with van der Waals surface area (Å²) in [5, 5.41) is 0. The Labute approximate surface area is 132 Å². The van der Waals surface area contributed by atoms with Gasteiger partial charge in [-0.2, -0.15) is 0 Å². The Morgan fingerprint density at radius 3 is 1.59 bits per heavy atom. The Morgan fingerprint density at radius 1 is 0.591 bits per heavy atom. The van der Waals surface area contributed by atoms with Gasteiger partial charge >= 0.3 is 0 Å². The van der Waals surface area contributed by atoms with E-state index in [9.17, 15) is 0 Å². The third-order valence-electron chi connectivity index (χ3n) is 4.01. The number of benzene rings is 3. The van der Waals surface area contributed by atoms with Gasteiger partial charge in [-0.15, -0.1) is 0 Å². The SMILES string of the molecule is C/C(=C(\Cc1ccccc1)c1ccccc1)c1ccccc1. The molecule has 0 amide bonds. The van der Waals surface area contributed by atoms with Crippen LogP contribution in [0.1, 0.15) is 23.6 Å². The van der Waals surface area contributed by atoms with Gasteiger partial charge in [0.15, 0.2) is 0 Å². The van der Waals surface area contributed by atoms with Gasteiger partial charge < -0.3 is 0 Å². The lowest BCUT2D eigenvalue weighted by Gasteiger charge is -2.14. The minimum absolute atomic E-state index is 0.950. The summed E-state index contributed by atoms with van der Waals surface area (Å²) in [7, 11) is 0. The van der Waals surface area contributed by atoms with Gasteiger partial charge in [0.1, 0.15) is 0 Å². The second-order valence-corrected chi connectivity index (χ2v) is 5.50. The topological polar surface area (TPSA) is 0 Å². The first-order valence-corrected chi connectivity index (χ1v) is 7.69. The largest absolute Gasteiger partial charge is 0.0622 e. The predicted molar refractivity (Wildman–Crippen MR) is 95.5 cm³/mol. The summed E-state index contributed by atoms with van der Waals surface area (Å²) in [5.41, 5.74) is 6.66. The molecule has 0 saturated heterocycles. The van der Waals surface area contributed by atoms with Crippen molar-refractivity contribution in [1.82, 2.24) is 0 Å². The van der Waals surface area contributed by atoms with Crippen LogP contribution in [-0.2, 0) is 6.42 Å². The van der Waals surface area contributed by atoms with Crippen LogP contribution in [0.15, 0.2) is 91.0 Å². The van der Waals surface area contributed by atoms with E-state index in [2.05, 4.69) is 97.9 Å². The summed E-state index contributed by atoms with van der Waals surface area (Å²) in [6, 6.07) is 32.0. The van der Waals surface area contributed by atoms with Crippen LogP contribution in [-0.4, -0.2) is 0 Å². The average Bonchev–Trinajstić information content (AvgIpc) is 2.61. The van der Waals surface area contributed by atoms with E-state index in [1.165, 1.54) is 27.8 Å². The summed E-state index contributed by atoms with van der Waals surface area (Å²) in [6.45, 7) is 2.22. The molecular formula is C22H20. The molecule has 0 heteroatoms. The third-order valence-corrected chi connectivity index (χ3v) is 4.01. The third kappa shape index (κ3) is 3.35. The molecule has 0 nitrogen and oxygen atoms in total. The first kappa shape index (κ1) is 14.3. The van der Waals surface area contributed by atoms with Crippen molar-refractivity contribution in [2.45, 2.75) is 13.3 Å². The second-order valence-electron chi connectivity index (χ2n) is 5.50. The standard InChI is InChI=1S/C22H20/c1-18(20-13-7-3-8-14-20)22(21-15-9-4-10-16-21)17-19-11-5-2-6-12-19/h2-16H,17H2,1H3/b22-18-. The van der Waals surface area contributed by atoms with Gasteiger partial charge in [-0.25, -0.2) is 0 Å².